The van der Waals surface area contributed by atoms with Crippen LogP contribution >= 0.6 is 0 Å². The molecular formula is C8H9N. The predicted molar refractivity (Wildman–Crippen MR) is 38.8 cm³/mol. The van der Waals surface area contributed by atoms with Gasteiger partial charge in [-0.3, -0.25) is 5.41 Å². The van der Waals surface area contributed by atoms with E-state index in [4.69, 9.17) is 5.41 Å². The van der Waals surface area contributed by atoms with E-state index < -0.39 is 0 Å². The number of nitrogens with one attached hydrogen (secondary N) is 1. The van der Waals surface area contributed by atoms with Gasteiger partial charge in [0.25, 0.3) is 0 Å². The van der Waals surface area contributed by atoms with Crippen molar-refractivity contribution >= 4 is 5.87 Å². The summed E-state index contributed by atoms with van der Waals surface area (Å²) in [5.41, 5.74) is 2.23. The smallest absolute Gasteiger partial charge is 0.0166 e. The van der Waals surface area contributed by atoms with Gasteiger partial charge in [0, 0.05) is 5.57 Å². The molecular weight excluding hydrogens is 110 g/mol. The number of allylic oxidation sites excluding steroid dienone is 5. The normalized spacial score (nSPS) is 17.0. The van der Waals surface area contributed by atoms with E-state index in [2.05, 4.69) is 18.9 Å². The van der Waals surface area contributed by atoms with Crippen LogP contribution in [0.4, 0.5) is 0 Å². The lowest BCUT2D eigenvalue weighted by atomic mass is 10.1. The summed E-state index contributed by atoms with van der Waals surface area (Å²) in [6, 6.07) is 0. The van der Waals surface area contributed by atoms with Crippen LogP contribution < -0.4 is 0 Å². The molecule has 0 unspecified atom stereocenters. The first-order chi connectivity index (χ1) is 4.33. The van der Waals surface area contributed by atoms with Gasteiger partial charge in [-0.25, -0.2) is 0 Å². The van der Waals surface area contributed by atoms with Gasteiger partial charge >= 0.3 is 0 Å². The Hall–Kier alpha value is -1.07. The van der Waals surface area contributed by atoms with E-state index in [9.17, 15) is 0 Å². The zero-order valence-corrected chi connectivity index (χ0v) is 5.44. The molecule has 1 aliphatic carbocycles. The van der Waals surface area contributed by atoms with Gasteiger partial charge in [0.1, 0.15) is 0 Å². The van der Waals surface area contributed by atoms with Gasteiger partial charge in [0.2, 0.25) is 0 Å². The average Bonchev–Trinajstić information content (AvgIpc) is 1.90. The summed E-state index contributed by atoms with van der Waals surface area (Å²) >= 11 is 0. The van der Waals surface area contributed by atoms with Crippen LogP contribution in [0.15, 0.2) is 29.4 Å². The topological polar surface area (TPSA) is 23.9 Å². The van der Waals surface area contributed by atoms with Gasteiger partial charge < -0.3 is 0 Å². The van der Waals surface area contributed by atoms with Crippen LogP contribution in [0.1, 0.15) is 13.3 Å². The summed E-state index contributed by atoms with van der Waals surface area (Å²) in [5.74, 6) is 2.36. The highest BCUT2D eigenvalue weighted by Gasteiger charge is 1.94. The first kappa shape index (κ1) is 6.06. The summed E-state index contributed by atoms with van der Waals surface area (Å²) in [5, 5.41) is 6.80. The molecule has 0 radical (unpaired) electrons. The van der Waals surface area contributed by atoms with Gasteiger partial charge in [-0.1, -0.05) is 17.7 Å². The van der Waals surface area contributed by atoms with Gasteiger partial charge in [0.05, 0.1) is 0 Å². The zero-order chi connectivity index (χ0) is 6.69. The monoisotopic (exact) mass is 119 g/mol. The molecule has 0 aromatic carbocycles. The van der Waals surface area contributed by atoms with E-state index >= 15 is 0 Å². The second-order valence-corrected chi connectivity index (χ2v) is 2.14. The molecule has 1 aliphatic rings. The maximum atomic E-state index is 6.80. The lowest BCUT2D eigenvalue weighted by Crippen LogP contribution is -1.83. The van der Waals surface area contributed by atoms with Gasteiger partial charge in [-0.15, -0.1) is 0 Å². The average molecular weight is 119 g/mol. The zero-order valence-electron chi connectivity index (χ0n) is 5.44. The third-order valence-corrected chi connectivity index (χ3v) is 1.35. The van der Waals surface area contributed by atoms with Crippen molar-refractivity contribution in [1.29, 1.82) is 5.41 Å². The number of hydrogen-bond acceptors (Lipinski definition) is 1. The van der Waals surface area contributed by atoms with Crippen LogP contribution in [-0.4, -0.2) is 5.87 Å². The fourth-order valence-corrected chi connectivity index (χ4v) is 0.732. The Bertz CT molecular complexity index is 215. The standard InChI is InChI=1S/C8H9N/c1-7-2-4-8(6-9)5-3-7/h2-4,9H,5H2,1H3. The summed E-state index contributed by atoms with van der Waals surface area (Å²) < 4.78 is 0. The van der Waals surface area contributed by atoms with E-state index in [1.807, 2.05) is 12.2 Å². The Morgan fingerprint density at radius 1 is 1.56 bits per heavy atom. The summed E-state index contributed by atoms with van der Waals surface area (Å²) in [7, 11) is 0. The van der Waals surface area contributed by atoms with Gasteiger partial charge in [-0.05, 0) is 25.3 Å². The van der Waals surface area contributed by atoms with Crippen LogP contribution in [0.25, 0.3) is 0 Å². The lowest BCUT2D eigenvalue weighted by Gasteiger charge is -2.00. The van der Waals surface area contributed by atoms with Crippen molar-refractivity contribution in [2.75, 3.05) is 0 Å². The molecule has 0 atom stereocenters. The molecule has 0 bridgehead atoms. The van der Waals surface area contributed by atoms with E-state index in [0.717, 1.165) is 12.0 Å². The van der Waals surface area contributed by atoms with Crippen LogP contribution in [0.5, 0.6) is 0 Å². The molecule has 0 saturated carbocycles. The van der Waals surface area contributed by atoms with Crippen LogP contribution in [-0.2, 0) is 0 Å². The minimum atomic E-state index is 0.867. The molecule has 46 valence electrons. The SMILES string of the molecule is CC1=CCC(=C=N)C=C1. The van der Waals surface area contributed by atoms with Crippen molar-refractivity contribution < 1.29 is 0 Å². The Labute approximate surface area is 54.9 Å². The lowest BCUT2D eigenvalue weighted by molar-refractivity contribution is 1.24. The van der Waals surface area contributed by atoms with Crippen molar-refractivity contribution in [3.05, 3.63) is 29.4 Å². The van der Waals surface area contributed by atoms with Crippen molar-refractivity contribution in [2.45, 2.75) is 13.3 Å². The Morgan fingerprint density at radius 2 is 2.33 bits per heavy atom. The fraction of sp³-hybridized carbons (Fsp3) is 0.250. The van der Waals surface area contributed by atoms with Crippen molar-refractivity contribution in [2.24, 2.45) is 0 Å². The highest BCUT2D eigenvalue weighted by atomic mass is 14.3. The van der Waals surface area contributed by atoms with Crippen LogP contribution in [0, 0.1) is 5.41 Å². The number of rotatable bonds is 0. The summed E-state index contributed by atoms with van der Waals surface area (Å²) in [4.78, 5) is 0. The fourth-order valence-electron chi connectivity index (χ4n) is 0.732. The van der Waals surface area contributed by atoms with E-state index in [-0.39, 0.29) is 0 Å². The minimum Gasteiger partial charge on any atom is -0.258 e. The molecule has 0 aliphatic heterocycles. The second-order valence-electron chi connectivity index (χ2n) is 2.14. The van der Waals surface area contributed by atoms with E-state index in [1.54, 1.807) is 0 Å². The van der Waals surface area contributed by atoms with Gasteiger partial charge in [0.15, 0.2) is 0 Å². The largest absolute Gasteiger partial charge is 0.258 e. The molecule has 0 aromatic heterocycles. The first-order valence-electron chi connectivity index (χ1n) is 2.96. The minimum absolute atomic E-state index is 0.867. The molecule has 0 aromatic rings. The molecule has 0 heterocycles. The summed E-state index contributed by atoms with van der Waals surface area (Å²) in [6.45, 7) is 2.05. The van der Waals surface area contributed by atoms with E-state index in [0.29, 0.717) is 0 Å². The van der Waals surface area contributed by atoms with Crippen LogP contribution in [0.2, 0.25) is 0 Å². The van der Waals surface area contributed by atoms with Crippen molar-refractivity contribution in [3.63, 3.8) is 0 Å². The highest BCUT2D eigenvalue weighted by molar-refractivity contribution is 5.61. The number of hydrogen-bond donors (Lipinski definition) is 1. The highest BCUT2D eigenvalue weighted by Crippen LogP contribution is 2.11. The first-order valence-corrected chi connectivity index (χ1v) is 2.96. The maximum absolute atomic E-state index is 6.80. The summed E-state index contributed by atoms with van der Waals surface area (Å²) in [6.07, 6.45) is 6.89. The quantitative estimate of drug-likeness (QED) is 0.472. The van der Waals surface area contributed by atoms with Gasteiger partial charge in [-0.2, -0.15) is 0 Å². The molecule has 0 fully saturated rings. The maximum Gasteiger partial charge on any atom is 0.0166 e. The Kier molecular flexibility index (Phi) is 1.66. The predicted octanol–water partition coefficient (Wildman–Crippen LogP) is 2.07. The molecule has 9 heavy (non-hydrogen) atoms. The molecule has 0 spiro atoms. The molecule has 1 heteroatoms. The molecule has 1 rings (SSSR count). The third kappa shape index (κ3) is 1.41. The molecule has 0 amide bonds. The third-order valence-electron chi connectivity index (χ3n) is 1.35. The molecule has 1 nitrogen and oxygen atoms in total. The molecule has 0 saturated heterocycles. The van der Waals surface area contributed by atoms with E-state index in [1.165, 1.54) is 5.57 Å². The molecule has 1 N–H and O–H groups in total. The Morgan fingerprint density at radius 3 is 2.78 bits per heavy atom. The van der Waals surface area contributed by atoms with Crippen molar-refractivity contribution in [1.82, 2.24) is 0 Å². The van der Waals surface area contributed by atoms with Crippen molar-refractivity contribution in [3.8, 4) is 0 Å². The second kappa shape index (κ2) is 2.47. The van der Waals surface area contributed by atoms with Crippen LogP contribution in [0.3, 0.4) is 0 Å². The Balaban J connectivity index is 2.81.